The molecule has 136 valence electrons. The second-order valence-corrected chi connectivity index (χ2v) is 6.41. The first-order chi connectivity index (χ1) is 12.6. The van der Waals surface area contributed by atoms with Gasteiger partial charge in [-0.2, -0.15) is 0 Å². The number of aryl methyl sites for hydroxylation is 2. The number of amides is 2. The molecule has 5 nitrogen and oxygen atoms in total. The summed E-state index contributed by atoms with van der Waals surface area (Å²) in [6, 6.07) is 14.1. The number of carbonyl (C=O) groups excluding carboxylic acids is 1. The Labute approximate surface area is 153 Å². The summed E-state index contributed by atoms with van der Waals surface area (Å²) < 4.78 is 5.71. The summed E-state index contributed by atoms with van der Waals surface area (Å²) in [5.41, 5.74) is 4.64. The molecule has 1 heterocycles. The van der Waals surface area contributed by atoms with Gasteiger partial charge in [-0.05, 0) is 43.5 Å². The number of aromatic amines is 1. The van der Waals surface area contributed by atoms with E-state index in [1.807, 2.05) is 37.4 Å². The Kier molecular flexibility index (Phi) is 5.79. The second kappa shape index (κ2) is 8.43. The van der Waals surface area contributed by atoms with Crippen molar-refractivity contribution < 1.29 is 9.53 Å². The number of para-hydroxylation sites is 1. The lowest BCUT2D eigenvalue weighted by molar-refractivity contribution is 0.236. The van der Waals surface area contributed by atoms with Crippen molar-refractivity contribution in [3.05, 3.63) is 65.4 Å². The molecular weight excluding hydrogens is 326 g/mol. The van der Waals surface area contributed by atoms with Gasteiger partial charge in [0.2, 0.25) is 0 Å². The number of rotatable bonds is 7. The molecule has 0 bridgehead atoms. The number of carbonyl (C=O) groups is 1. The van der Waals surface area contributed by atoms with E-state index in [2.05, 4.69) is 40.7 Å². The van der Waals surface area contributed by atoms with Gasteiger partial charge in [0.05, 0.1) is 6.54 Å². The molecule has 26 heavy (non-hydrogen) atoms. The van der Waals surface area contributed by atoms with Gasteiger partial charge in [-0.25, -0.2) is 4.79 Å². The van der Waals surface area contributed by atoms with E-state index in [1.54, 1.807) is 0 Å². The van der Waals surface area contributed by atoms with Crippen molar-refractivity contribution in [2.24, 2.45) is 0 Å². The smallest absolute Gasteiger partial charge is 0.314 e. The van der Waals surface area contributed by atoms with Gasteiger partial charge in [0, 0.05) is 23.6 Å². The SMILES string of the molecule is Cc1ccc(OCCNC(=O)NCCc2c[nH]c3ccccc23)c(C)c1. The third-order valence-corrected chi connectivity index (χ3v) is 4.33. The van der Waals surface area contributed by atoms with Crippen LogP contribution in [0.3, 0.4) is 0 Å². The summed E-state index contributed by atoms with van der Waals surface area (Å²) in [5.74, 6) is 0.858. The minimum absolute atomic E-state index is 0.172. The molecule has 0 atom stereocenters. The van der Waals surface area contributed by atoms with Crippen LogP contribution in [-0.4, -0.2) is 30.7 Å². The van der Waals surface area contributed by atoms with E-state index >= 15 is 0 Å². The number of ether oxygens (including phenoxy) is 1. The lowest BCUT2D eigenvalue weighted by Gasteiger charge is -2.11. The largest absolute Gasteiger partial charge is 0.491 e. The maximum Gasteiger partial charge on any atom is 0.314 e. The monoisotopic (exact) mass is 351 g/mol. The molecule has 2 aromatic carbocycles. The summed E-state index contributed by atoms with van der Waals surface area (Å²) in [4.78, 5) is 15.1. The quantitative estimate of drug-likeness (QED) is 0.568. The van der Waals surface area contributed by atoms with Crippen LogP contribution in [0.4, 0.5) is 4.79 Å². The minimum atomic E-state index is -0.172. The predicted molar refractivity (Wildman–Crippen MR) is 105 cm³/mol. The molecule has 2 amide bonds. The molecule has 0 unspecified atom stereocenters. The predicted octanol–water partition coefficient (Wildman–Crippen LogP) is 3.71. The number of nitrogens with one attached hydrogen (secondary N) is 3. The fraction of sp³-hybridized carbons (Fsp3) is 0.286. The summed E-state index contributed by atoms with van der Waals surface area (Å²) in [6.45, 7) is 5.57. The van der Waals surface area contributed by atoms with Gasteiger partial charge >= 0.3 is 6.03 Å². The molecule has 0 aliphatic rings. The van der Waals surface area contributed by atoms with Crippen molar-refractivity contribution in [2.45, 2.75) is 20.3 Å². The maximum atomic E-state index is 11.9. The number of hydrogen-bond donors (Lipinski definition) is 3. The van der Waals surface area contributed by atoms with E-state index in [1.165, 1.54) is 16.5 Å². The Morgan fingerprint density at radius 2 is 1.88 bits per heavy atom. The zero-order valence-electron chi connectivity index (χ0n) is 15.3. The van der Waals surface area contributed by atoms with Crippen LogP contribution in [0, 0.1) is 13.8 Å². The van der Waals surface area contributed by atoms with Crippen LogP contribution in [0.1, 0.15) is 16.7 Å². The second-order valence-electron chi connectivity index (χ2n) is 6.41. The maximum absolute atomic E-state index is 11.9. The standard InChI is InChI=1S/C21H25N3O2/c1-15-7-8-20(16(2)13-15)26-12-11-23-21(25)22-10-9-17-14-24-19-6-4-3-5-18(17)19/h3-8,13-14,24H,9-12H2,1-2H3,(H2,22,23,25). The zero-order chi connectivity index (χ0) is 18.4. The molecular formula is C21H25N3O2. The highest BCUT2D eigenvalue weighted by Gasteiger charge is 2.05. The summed E-state index contributed by atoms with van der Waals surface area (Å²) in [7, 11) is 0. The first-order valence-corrected chi connectivity index (χ1v) is 8.90. The Hall–Kier alpha value is -2.95. The Balaban J connectivity index is 1.35. The molecule has 5 heteroatoms. The van der Waals surface area contributed by atoms with Gasteiger partial charge in [0.15, 0.2) is 0 Å². The van der Waals surface area contributed by atoms with Crippen LogP contribution in [-0.2, 0) is 6.42 Å². The van der Waals surface area contributed by atoms with Gasteiger partial charge in [0.25, 0.3) is 0 Å². The highest BCUT2D eigenvalue weighted by Crippen LogP contribution is 2.18. The number of fused-ring (bicyclic) bond motifs is 1. The van der Waals surface area contributed by atoms with E-state index in [9.17, 15) is 4.79 Å². The normalized spacial score (nSPS) is 10.7. The molecule has 0 aliphatic heterocycles. The Morgan fingerprint density at radius 3 is 2.73 bits per heavy atom. The van der Waals surface area contributed by atoms with Crippen LogP contribution < -0.4 is 15.4 Å². The third-order valence-electron chi connectivity index (χ3n) is 4.33. The van der Waals surface area contributed by atoms with Crippen LogP contribution in [0.2, 0.25) is 0 Å². The molecule has 1 aromatic heterocycles. The van der Waals surface area contributed by atoms with Crippen LogP contribution in [0.5, 0.6) is 5.75 Å². The van der Waals surface area contributed by atoms with Crippen LogP contribution in [0.15, 0.2) is 48.7 Å². The third kappa shape index (κ3) is 4.57. The van der Waals surface area contributed by atoms with Crippen LogP contribution >= 0.6 is 0 Å². The molecule has 0 radical (unpaired) electrons. The summed E-state index contributed by atoms with van der Waals surface area (Å²) in [6.07, 6.45) is 2.79. The van der Waals surface area contributed by atoms with Crippen molar-refractivity contribution >= 4 is 16.9 Å². The number of aromatic nitrogens is 1. The van der Waals surface area contributed by atoms with E-state index in [0.717, 1.165) is 23.3 Å². The molecule has 3 aromatic rings. The van der Waals surface area contributed by atoms with Crippen molar-refractivity contribution in [3.63, 3.8) is 0 Å². The highest BCUT2D eigenvalue weighted by molar-refractivity contribution is 5.83. The number of H-pyrrole nitrogens is 1. The molecule has 0 aliphatic carbocycles. The topological polar surface area (TPSA) is 66.2 Å². The van der Waals surface area contributed by atoms with Crippen LogP contribution in [0.25, 0.3) is 10.9 Å². The van der Waals surface area contributed by atoms with Crippen molar-refractivity contribution in [3.8, 4) is 5.75 Å². The van der Waals surface area contributed by atoms with Gasteiger partial charge in [0.1, 0.15) is 12.4 Å². The Morgan fingerprint density at radius 1 is 1.08 bits per heavy atom. The first-order valence-electron chi connectivity index (χ1n) is 8.90. The van der Waals surface area contributed by atoms with Gasteiger partial charge in [-0.3, -0.25) is 0 Å². The molecule has 3 N–H and O–H groups in total. The fourth-order valence-corrected chi connectivity index (χ4v) is 3.00. The van der Waals surface area contributed by atoms with Crippen molar-refractivity contribution in [2.75, 3.05) is 19.7 Å². The fourth-order valence-electron chi connectivity index (χ4n) is 3.00. The Bertz CT molecular complexity index is 886. The van der Waals surface area contributed by atoms with Gasteiger partial charge < -0.3 is 20.4 Å². The van der Waals surface area contributed by atoms with Gasteiger partial charge in [-0.1, -0.05) is 35.9 Å². The summed E-state index contributed by atoms with van der Waals surface area (Å²) in [5, 5.41) is 6.91. The van der Waals surface area contributed by atoms with E-state index in [0.29, 0.717) is 19.7 Å². The number of urea groups is 1. The van der Waals surface area contributed by atoms with Crippen molar-refractivity contribution in [1.29, 1.82) is 0 Å². The minimum Gasteiger partial charge on any atom is -0.491 e. The van der Waals surface area contributed by atoms with E-state index < -0.39 is 0 Å². The van der Waals surface area contributed by atoms with Gasteiger partial charge in [-0.15, -0.1) is 0 Å². The van der Waals surface area contributed by atoms with Crippen molar-refractivity contribution in [1.82, 2.24) is 15.6 Å². The number of hydrogen-bond acceptors (Lipinski definition) is 2. The lowest BCUT2D eigenvalue weighted by Crippen LogP contribution is -2.38. The average molecular weight is 351 g/mol. The molecule has 0 saturated heterocycles. The summed E-state index contributed by atoms with van der Waals surface area (Å²) >= 11 is 0. The van der Waals surface area contributed by atoms with E-state index in [-0.39, 0.29) is 6.03 Å². The first kappa shape index (κ1) is 17.9. The molecule has 0 spiro atoms. The average Bonchev–Trinajstić information content (AvgIpc) is 3.03. The lowest BCUT2D eigenvalue weighted by atomic mass is 10.1. The highest BCUT2D eigenvalue weighted by atomic mass is 16.5. The van der Waals surface area contributed by atoms with E-state index in [4.69, 9.17) is 4.74 Å². The zero-order valence-corrected chi connectivity index (χ0v) is 15.3. The molecule has 3 rings (SSSR count). The molecule has 0 fully saturated rings. The number of benzene rings is 2. The molecule has 0 saturated carbocycles.